The number of ether oxygens (including phenoxy) is 1. The van der Waals surface area contributed by atoms with Gasteiger partial charge in [0.15, 0.2) is 16.6 Å². The van der Waals surface area contributed by atoms with E-state index in [0.717, 1.165) is 56.6 Å². The number of hydrogen-bond donors (Lipinski definition) is 0. The van der Waals surface area contributed by atoms with E-state index in [1.165, 1.54) is 0 Å². The predicted octanol–water partition coefficient (Wildman–Crippen LogP) is 7.02. The SMILES string of the molecule is COCCCC[Si](C)(O[Si](C)(C)C)O[Si](C)(CCCn1ccnc1)O[Si](C)(CC[Si](C)(OC)OC)O[Si](C)(C)C. The highest BCUT2D eigenvalue weighted by Crippen LogP contribution is 2.35. The average molecular weight is 669 g/mol. The third kappa shape index (κ3) is 15.6. The maximum atomic E-state index is 7.34. The summed E-state index contributed by atoms with van der Waals surface area (Å²) < 4.78 is 47.7. The lowest BCUT2D eigenvalue weighted by molar-refractivity contribution is 0.193. The van der Waals surface area contributed by atoms with Crippen LogP contribution in [-0.4, -0.2) is 88.4 Å². The number of aromatic nitrogens is 2. The van der Waals surface area contributed by atoms with Crippen LogP contribution in [0.15, 0.2) is 18.7 Å². The van der Waals surface area contributed by atoms with Gasteiger partial charge < -0.3 is 34.6 Å². The minimum atomic E-state index is -2.75. The lowest BCUT2D eigenvalue weighted by atomic mass is 10.4. The van der Waals surface area contributed by atoms with Crippen LogP contribution < -0.4 is 0 Å². The Hall–Kier alpha value is 0.231. The Morgan fingerprint density at radius 2 is 1.05 bits per heavy atom. The Balaban J connectivity index is 3.36. The molecule has 1 heterocycles. The van der Waals surface area contributed by atoms with Crippen LogP contribution in [0.3, 0.4) is 0 Å². The van der Waals surface area contributed by atoms with E-state index in [0.29, 0.717) is 0 Å². The van der Waals surface area contributed by atoms with E-state index in [4.69, 9.17) is 30.0 Å². The first-order valence-corrected chi connectivity index (χ1v) is 31.6. The molecule has 0 bridgehead atoms. The Bertz CT molecular complexity index is 839. The van der Waals surface area contributed by atoms with Gasteiger partial charge in [-0.1, -0.05) is 0 Å². The molecule has 9 nitrogen and oxygen atoms in total. The highest BCUT2D eigenvalue weighted by molar-refractivity contribution is 6.91. The van der Waals surface area contributed by atoms with Crippen molar-refractivity contribution in [3.8, 4) is 0 Å². The molecule has 0 amide bonds. The molecule has 0 saturated carbocycles. The van der Waals surface area contributed by atoms with Gasteiger partial charge >= 0.3 is 34.2 Å². The van der Waals surface area contributed by atoms with E-state index in [2.05, 4.69) is 75.0 Å². The molecule has 15 heteroatoms. The average Bonchev–Trinajstić information content (AvgIpc) is 3.31. The molecule has 236 valence electrons. The van der Waals surface area contributed by atoms with Crippen molar-refractivity contribution in [2.24, 2.45) is 0 Å². The Morgan fingerprint density at radius 3 is 1.50 bits per heavy atom. The minimum Gasteiger partial charge on any atom is -0.437 e. The van der Waals surface area contributed by atoms with Crippen molar-refractivity contribution in [2.75, 3.05) is 27.9 Å². The maximum absolute atomic E-state index is 7.34. The van der Waals surface area contributed by atoms with Crippen LogP contribution in [0.2, 0.25) is 89.6 Å². The van der Waals surface area contributed by atoms with E-state index < -0.39 is 50.9 Å². The summed E-state index contributed by atoms with van der Waals surface area (Å²) in [5.41, 5.74) is 0. The third-order valence-electron chi connectivity index (χ3n) is 6.64. The predicted molar refractivity (Wildman–Crippen MR) is 179 cm³/mol. The zero-order valence-corrected chi connectivity index (χ0v) is 33.8. The number of imidazole rings is 1. The Kier molecular flexibility index (Phi) is 15.6. The summed E-state index contributed by atoms with van der Waals surface area (Å²) >= 11 is 0. The van der Waals surface area contributed by atoms with E-state index in [1.807, 2.05) is 18.7 Å². The monoisotopic (exact) mass is 668 g/mol. The summed E-state index contributed by atoms with van der Waals surface area (Å²) in [6, 6.07) is 3.43. The molecule has 0 N–H and O–H groups in total. The lowest BCUT2D eigenvalue weighted by Gasteiger charge is -2.45. The molecule has 0 aromatic carbocycles. The number of nitrogens with zero attached hydrogens (tertiary/aromatic N) is 2. The summed E-state index contributed by atoms with van der Waals surface area (Å²) in [5, 5.41) is 0. The molecule has 0 fully saturated rings. The second-order valence-corrected chi connectivity index (χ2v) is 37.0. The minimum absolute atomic E-state index is 0.754. The van der Waals surface area contributed by atoms with Gasteiger partial charge in [0.2, 0.25) is 0 Å². The second-order valence-electron chi connectivity index (χ2n) is 13.4. The largest absolute Gasteiger partial charge is 0.437 e. The quantitative estimate of drug-likeness (QED) is 0.0964. The van der Waals surface area contributed by atoms with Gasteiger partial charge in [-0.2, -0.15) is 0 Å². The third-order valence-corrected chi connectivity index (χ3v) is 29.0. The summed E-state index contributed by atoms with van der Waals surface area (Å²) in [6.07, 6.45) is 8.68. The fourth-order valence-electron chi connectivity index (χ4n) is 5.01. The fraction of sp³-hybridized carbons (Fsp3) is 0.880. The fourth-order valence-corrected chi connectivity index (χ4v) is 32.7. The smallest absolute Gasteiger partial charge is 0.334 e. The zero-order chi connectivity index (χ0) is 30.7. The van der Waals surface area contributed by atoms with Crippen LogP contribution in [0.5, 0.6) is 0 Å². The normalized spacial score (nSPS) is 17.8. The number of methoxy groups -OCH3 is 1. The van der Waals surface area contributed by atoms with Gasteiger partial charge in [0, 0.05) is 46.9 Å². The number of unbranched alkanes of at least 4 members (excludes halogenated alkanes) is 1. The molecule has 1 rings (SSSR count). The maximum Gasteiger partial charge on any atom is 0.334 e. The second kappa shape index (κ2) is 16.3. The number of aryl methyl sites for hydroxylation is 1. The van der Waals surface area contributed by atoms with Crippen LogP contribution in [0.1, 0.15) is 19.3 Å². The highest BCUT2D eigenvalue weighted by Gasteiger charge is 2.51. The molecule has 0 aliphatic heterocycles. The Morgan fingerprint density at radius 1 is 0.575 bits per heavy atom. The molecular weight excluding hydrogens is 609 g/mol. The molecule has 0 spiro atoms. The van der Waals surface area contributed by atoms with Gasteiger partial charge in [0.1, 0.15) is 0 Å². The van der Waals surface area contributed by atoms with Crippen LogP contribution >= 0.6 is 0 Å². The standard InChI is InChI=1S/C25H60N2O7Si6/c1-28-20-14-15-21-38(11,31-35(4,5)6)33-39(12,22-16-18-27-19-17-26-25-27)34-40(13,32-36(7,8)9)24-23-37(10,29-2)30-3/h17,19,25H,14-16,18,20-24H2,1-13H3. The first-order valence-electron chi connectivity index (χ1n) is 14.7. The molecule has 0 saturated heterocycles. The van der Waals surface area contributed by atoms with E-state index in [-0.39, 0.29) is 0 Å². The summed E-state index contributed by atoms with van der Waals surface area (Å²) in [5.74, 6) is 0. The van der Waals surface area contributed by atoms with Crippen molar-refractivity contribution < 1.29 is 30.0 Å². The number of hydrogen-bond acceptors (Lipinski definition) is 8. The Labute approximate surface area is 251 Å². The van der Waals surface area contributed by atoms with Crippen molar-refractivity contribution in [3.05, 3.63) is 18.7 Å². The molecule has 1 aromatic heterocycles. The first-order chi connectivity index (χ1) is 18.3. The molecule has 0 aliphatic rings. The van der Waals surface area contributed by atoms with Gasteiger partial charge in [-0.25, -0.2) is 4.98 Å². The number of rotatable bonds is 22. The molecule has 1 aromatic rings. The van der Waals surface area contributed by atoms with E-state index >= 15 is 0 Å². The molecular formula is C25H60N2O7Si6. The summed E-state index contributed by atoms with van der Waals surface area (Å²) in [4.78, 5) is 4.21. The van der Waals surface area contributed by atoms with Crippen LogP contribution in [0, 0.1) is 0 Å². The van der Waals surface area contributed by atoms with Crippen molar-refractivity contribution in [1.29, 1.82) is 0 Å². The lowest BCUT2D eigenvalue weighted by Crippen LogP contribution is -2.61. The van der Waals surface area contributed by atoms with E-state index in [1.54, 1.807) is 21.3 Å². The molecule has 3 unspecified atom stereocenters. The van der Waals surface area contributed by atoms with Gasteiger partial charge in [-0.3, -0.25) is 0 Å². The summed E-state index contributed by atoms with van der Waals surface area (Å²) in [7, 11) is -8.78. The van der Waals surface area contributed by atoms with Crippen LogP contribution in [0.4, 0.5) is 0 Å². The molecule has 3 atom stereocenters. The topological polar surface area (TPSA) is 82.4 Å². The van der Waals surface area contributed by atoms with Crippen molar-refractivity contribution in [1.82, 2.24) is 9.55 Å². The van der Waals surface area contributed by atoms with Gasteiger partial charge in [-0.15, -0.1) is 0 Å². The molecule has 0 radical (unpaired) electrons. The van der Waals surface area contributed by atoms with E-state index in [9.17, 15) is 0 Å². The van der Waals surface area contributed by atoms with Crippen LogP contribution in [0.25, 0.3) is 0 Å². The zero-order valence-electron chi connectivity index (χ0n) is 27.8. The van der Waals surface area contributed by atoms with Gasteiger partial charge in [0.25, 0.3) is 0 Å². The molecule has 0 aliphatic carbocycles. The molecule has 40 heavy (non-hydrogen) atoms. The van der Waals surface area contributed by atoms with Crippen LogP contribution in [-0.2, 0) is 36.6 Å². The van der Waals surface area contributed by atoms with Gasteiger partial charge in [-0.05, 0) is 109 Å². The highest BCUT2D eigenvalue weighted by atomic mass is 28.5. The summed E-state index contributed by atoms with van der Waals surface area (Å²) in [6.45, 7) is 24.0. The first kappa shape index (κ1) is 38.3. The van der Waals surface area contributed by atoms with Gasteiger partial charge in [0.05, 0.1) is 6.33 Å². The van der Waals surface area contributed by atoms with Crippen molar-refractivity contribution in [2.45, 2.75) is 115 Å². The van der Waals surface area contributed by atoms with Crippen molar-refractivity contribution >= 4 is 50.9 Å². The van der Waals surface area contributed by atoms with Crippen molar-refractivity contribution in [3.63, 3.8) is 0 Å².